The first-order valence-electron chi connectivity index (χ1n) is 7.33. The van der Waals surface area contributed by atoms with E-state index >= 15 is 0 Å². The molecule has 0 spiro atoms. The number of benzene rings is 1. The number of hydrogen-bond donors (Lipinski definition) is 2. The molecule has 124 valence electrons. The number of aliphatic hydroxyl groups is 1. The van der Waals surface area contributed by atoms with Gasteiger partial charge in [0, 0.05) is 11.5 Å². The highest BCUT2D eigenvalue weighted by atomic mass is 19.1. The first-order chi connectivity index (χ1) is 10.6. The first kappa shape index (κ1) is 17.1. The fourth-order valence-electron chi connectivity index (χ4n) is 1.99. The quantitative estimate of drug-likeness (QED) is 0.908. The van der Waals surface area contributed by atoms with Crippen LogP contribution < -0.4 is 5.32 Å². The maximum absolute atomic E-state index is 12.9. The standard InChI is InChI=1S/C17H21FN2O3/c1-16(2,3)14-9-13(20-23-14)15(21)19-10-17(4,22)11-5-7-12(18)8-6-11/h5-9,22H,10H2,1-4H3,(H,19,21). The number of carbonyl (C=O) groups excluding carboxylic acids is 1. The van der Waals surface area contributed by atoms with Crippen molar-refractivity contribution in [3.63, 3.8) is 0 Å². The molecule has 1 aromatic heterocycles. The molecule has 0 aliphatic carbocycles. The average Bonchev–Trinajstić information content (AvgIpc) is 2.95. The zero-order valence-electron chi connectivity index (χ0n) is 13.7. The minimum atomic E-state index is -1.32. The fraction of sp³-hybridized carbons (Fsp3) is 0.412. The Kier molecular flexibility index (Phi) is 4.56. The van der Waals surface area contributed by atoms with Crippen LogP contribution in [0.15, 0.2) is 34.9 Å². The highest BCUT2D eigenvalue weighted by molar-refractivity contribution is 5.92. The topological polar surface area (TPSA) is 75.4 Å². The highest BCUT2D eigenvalue weighted by Crippen LogP contribution is 2.23. The van der Waals surface area contributed by atoms with Crippen molar-refractivity contribution >= 4 is 5.91 Å². The summed E-state index contributed by atoms with van der Waals surface area (Å²) >= 11 is 0. The molecule has 0 radical (unpaired) electrons. The van der Waals surface area contributed by atoms with Gasteiger partial charge in [-0.25, -0.2) is 4.39 Å². The second kappa shape index (κ2) is 6.12. The van der Waals surface area contributed by atoms with Gasteiger partial charge < -0.3 is 14.9 Å². The van der Waals surface area contributed by atoms with Crippen LogP contribution >= 0.6 is 0 Å². The Morgan fingerprint density at radius 3 is 2.39 bits per heavy atom. The third kappa shape index (κ3) is 4.16. The summed E-state index contributed by atoms with van der Waals surface area (Å²) in [6.45, 7) is 7.37. The normalized spacial score (nSPS) is 14.3. The Morgan fingerprint density at radius 1 is 1.26 bits per heavy atom. The van der Waals surface area contributed by atoms with Crippen molar-refractivity contribution in [1.29, 1.82) is 0 Å². The minimum Gasteiger partial charge on any atom is -0.384 e. The van der Waals surface area contributed by atoms with Crippen molar-refractivity contribution in [2.24, 2.45) is 0 Å². The van der Waals surface area contributed by atoms with Gasteiger partial charge in [0.2, 0.25) is 0 Å². The van der Waals surface area contributed by atoms with Crippen molar-refractivity contribution in [2.45, 2.75) is 38.7 Å². The Bertz CT molecular complexity index is 685. The van der Waals surface area contributed by atoms with Crippen LogP contribution in [0.2, 0.25) is 0 Å². The predicted molar refractivity (Wildman–Crippen MR) is 83.5 cm³/mol. The molecule has 1 amide bonds. The largest absolute Gasteiger partial charge is 0.384 e. The van der Waals surface area contributed by atoms with E-state index in [1.165, 1.54) is 24.3 Å². The van der Waals surface area contributed by atoms with Gasteiger partial charge in [0.15, 0.2) is 5.69 Å². The molecule has 0 aliphatic rings. The molecular weight excluding hydrogens is 299 g/mol. The van der Waals surface area contributed by atoms with E-state index in [1.54, 1.807) is 13.0 Å². The maximum Gasteiger partial charge on any atom is 0.273 e. The van der Waals surface area contributed by atoms with E-state index in [0.29, 0.717) is 11.3 Å². The van der Waals surface area contributed by atoms with Crippen LogP contribution in [0.1, 0.15) is 49.5 Å². The van der Waals surface area contributed by atoms with Crippen LogP contribution in [0, 0.1) is 5.82 Å². The summed E-state index contributed by atoms with van der Waals surface area (Å²) in [7, 11) is 0. The number of amides is 1. The monoisotopic (exact) mass is 320 g/mol. The lowest BCUT2D eigenvalue weighted by Crippen LogP contribution is -2.38. The summed E-state index contributed by atoms with van der Waals surface area (Å²) in [6.07, 6.45) is 0. The van der Waals surface area contributed by atoms with E-state index in [1.807, 2.05) is 20.8 Å². The van der Waals surface area contributed by atoms with Crippen LogP contribution in [-0.4, -0.2) is 22.7 Å². The van der Waals surface area contributed by atoms with Gasteiger partial charge in [-0.15, -0.1) is 0 Å². The summed E-state index contributed by atoms with van der Waals surface area (Å²) in [6, 6.07) is 7.07. The molecule has 2 aromatic rings. The van der Waals surface area contributed by atoms with Crippen molar-refractivity contribution in [2.75, 3.05) is 6.54 Å². The molecule has 0 saturated carbocycles. The SMILES string of the molecule is CC(C)(C)c1cc(C(=O)NCC(C)(O)c2ccc(F)cc2)no1. The zero-order chi connectivity index (χ0) is 17.3. The molecule has 1 heterocycles. The van der Waals surface area contributed by atoms with Crippen molar-refractivity contribution in [3.05, 3.63) is 53.2 Å². The fourth-order valence-corrected chi connectivity index (χ4v) is 1.99. The van der Waals surface area contributed by atoms with E-state index < -0.39 is 11.5 Å². The molecule has 1 aromatic carbocycles. The van der Waals surface area contributed by atoms with Crippen molar-refractivity contribution in [1.82, 2.24) is 10.5 Å². The summed E-state index contributed by atoms with van der Waals surface area (Å²) in [5.41, 5.74) is -0.898. The van der Waals surface area contributed by atoms with E-state index in [4.69, 9.17) is 4.52 Å². The number of halogens is 1. The van der Waals surface area contributed by atoms with Gasteiger partial charge in [0.25, 0.3) is 5.91 Å². The number of nitrogens with one attached hydrogen (secondary N) is 1. The average molecular weight is 320 g/mol. The molecular formula is C17H21FN2O3. The lowest BCUT2D eigenvalue weighted by atomic mass is 9.93. The molecule has 2 N–H and O–H groups in total. The highest BCUT2D eigenvalue weighted by Gasteiger charge is 2.26. The number of hydrogen-bond acceptors (Lipinski definition) is 4. The zero-order valence-corrected chi connectivity index (χ0v) is 13.7. The second-order valence-electron chi connectivity index (χ2n) is 6.79. The molecule has 5 nitrogen and oxygen atoms in total. The van der Waals surface area contributed by atoms with E-state index in [-0.39, 0.29) is 23.5 Å². The second-order valence-corrected chi connectivity index (χ2v) is 6.79. The molecule has 0 aliphatic heterocycles. The van der Waals surface area contributed by atoms with Crippen LogP contribution in [0.5, 0.6) is 0 Å². The Balaban J connectivity index is 2.03. The maximum atomic E-state index is 12.9. The number of aromatic nitrogens is 1. The predicted octanol–water partition coefficient (Wildman–Crippen LogP) is 2.75. The lowest BCUT2D eigenvalue weighted by Gasteiger charge is -2.24. The van der Waals surface area contributed by atoms with Crippen LogP contribution in [0.4, 0.5) is 4.39 Å². The van der Waals surface area contributed by atoms with Gasteiger partial charge in [-0.05, 0) is 24.6 Å². The molecule has 6 heteroatoms. The van der Waals surface area contributed by atoms with Crippen LogP contribution in [0.25, 0.3) is 0 Å². The van der Waals surface area contributed by atoms with Gasteiger partial charge in [0.1, 0.15) is 17.2 Å². The Morgan fingerprint density at radius 2 is 1.87 bits per heavy atom. The first-order valence-corrected chi connectivity index (χ1v) is 7.33. The van der Waals surface area contributed by atoms with Crippen molar-refractivity contribution in [3.8, 4) is 0 Å². The Labute approximate surface area is 134 Å². The van der Waals surface area contributed by atoms with Gasteiger partial charge >= 0.3 is 0 Å². The summed E-state index contributed by atoms with van der Waals surface area (Å²) in [4.78, 5) is 12.1. The number of rotatable bonds is 4. The molecule has 1 atom stereocenters. The summed E-state index contributed by atoms with van der Waals surface area (Å²) < 4.78 is 18.1. The van der Waals surface area contributed by atoms with Gasteiger partial charge in [-0.3, -0.25) is 4.79 Å². The van der Waals surface area contributed by atoms with E-state index in [0.717, 1.165) is 0 Å². The van der Waals surface area contributed by atoms with Gasteiger partial charge in [-0.2, -0.15) is 0 Å². The molecule has 0 bridgehead atoms. The molecule has 0 fully saturated rings. The molecule has 2 rings (SSSR count). The minimum absolute atomic E-state index is 0.0326. The van der Waals surface area contributed by atoms with Crippen LogP contribution in [0.3, 0.4) is 0 Å². The van der Waals surface area contributed by atoms with Crippen LogP contribution in [-0.2, 0) is 11.0 Å². The van der Waals surface area contributed by atoms with E-state index in [9.17, 15) is 14.3 Å². The van der Waals surface area contributed by atoms with Gasteiger partial charge in [-0.1, -0.05) is 38.1 Å². The number of carbonyl (C=O) groups is 1. The Hall–Kier alpha value is -2.21. The molecule has 23 heavy (non-hydrogen) atoms. The third-order valence-electron chi connectivity index (χ3n) is 3.54. The lowest BCUT2D eigenvalue weighted by molar-refractivity contribution is 0.0523. The third-order valence-corrected chi connectivity index (χ3v) is 3.54. The molecule has 0 saturated heterocycles. The smallest absolute Gasteiger partial charge is 0.273 e. The van der Waals surface area contributed by atoms with Gasteiger partial charge in [0.05, 0.1) is 6.54 Å². The number of nitrogens with zero attached hydrogens (tertiary/aromatic N) is 1. The molecule has 1 unspecified atom stereocenters. The van der Waals surface area contributed by atoms with Crippen molar-refractivity contribution < 1.29 is 18.8 Å². The van der Waals surface area contributed by atoms with E-state index in [2.05, 4.69) is 10.5 Å². The summed E-state index contributed by atoms with van der Waals surface area (Å²) in [5.74, 6) is -0.217. The summed E-state index contributed by atoms with van der Waals surface area (Å²) in [5, 5.41) is 16.8.